The number of ether oxygens (including phenoxy) is 1. The molecule has 0 saturated carbocycles. The Balaban J connectivity index is 1.91. The first-order valence-electron chi connectivity index (χ1n) is 9.56. The molecule has 7 heteroatoms. The number of carbonyl (C=O) groups excluding carboxylic acids is 2. The summed E-state index contributed by atoms with van der Waals surface area (Å²) in [4.78, 5) is 34.8. The van der Waals surface area contributed by atoms with Gasteiger partial charge >= 0.3 is 0 Å². The summed E-state index contributed by atoms with van der Waals surface area (Å²) < 4.78 is 5.66. The number of aromatic nitrogens is 2. The van der Waals surface area contributed by atoms with Crippen LogP contribution in [0.4, 0.5) is 0 Å². The van der Waals surface area contributed by atoms with Crippen LogP contribution in [0.2, 0.25) is 0 Å². The lowest BCUT2D eigenvalue weighted by Crippen LogP contribution is -2.40. The SMILES string of the molecule is CCCCCNC(=O)CCN(C[C@@H]1CCCO1)C(=O)c1cnc(C)cn1. The van der Waals surface area contributed by atoms with E-state index < -0.39 is 0 Å². The number of nitrogens with zero attached hydrogens (tertiary/aromatic N) is 3. The van der Waals surface area contributed by atoms with Gasteiger partial charge in [-0.15, -0.1) is 0 Å². The van der Waals surface area contributed by atoms with Gasteiger partial charge in [0.1, 0.15) is 5.69 Å². The molecule has 7 nitrogen and oxygen atoms in total. The second-order valence-electron chi connectivity index (χ2n) is 6.74. The predicted molar refractivity (Wildman–Crippen MR) is 98.8 cm³/mol. The van der Waals surface area contributed by atoms with Gasteiger partial charge in [0, 0.05) is 38.9 Å². The zero-order chi connectivity index (χ0) is 18.8. The summed E-state index contributed by atoms with van der Waals surface area (Å²) in [7, 11) is 0. The Labute approximate surface area is 155 Å². The first kappa shape index (κ1) is 20.3. The van der Waals surface area contributed by atoms with Crippen molar-refractivity contribution in [2.24, 2.45) is 0 Å². The van der Waals surface area contributed by atoms with E-state index in [9.17, 15) is 9.59 Å². The van der Waals surface area contributed by atoms with Crippen LogP contribution in [-0.4, -0.2) is 59.0 Å². The summed E-state index contributed by atoms with van der Waals surface area (Å²) in [5.41, 5.74) is 1.07. The first-order valence-corrected chi connectivity index (χ1v) is 9.56. The highest BCUT2D eigenvalue weighted by Crippen LogP contribution is 2.15. The second-order valence-corrected chi connectivity index (χ2v) is 6.74. The van der Waals surface area contributed by atoms with Gasteiger partial charge in [-0.2, -0.15) is 0 Å². The Bertz CT molecular complexity index is 571. The standard InChI is InChI=1S/C19H30N4O3/c1-3-4-5-9-20-18(24)8-10-23(14-16-7-6-11-26-16)19(25)17-13-21-15(2)12-22-17/h12-13,16H,3-11,14H2,1-2H3,(H,20,24)/t16-/m0/s1. The van der Waals surface area contributed by atoms with Gasteiger partial charge in [-0.05, 0) is 26.2 Å². The van der Waals surface area contributed by atoms with Crippen LogP contribution in [0, 0.1) is 6.92 Å². The van der Waals surface area contributed by atoms with Gasteiger partial charge in [0.2, 0.25) is 5.91 Å². The maximum Gasteiger partial charge on any atom is 0.274 e. The van der Waals surface area contributed by atoms with Gasteiger partial charge in [0.25, 0.3) is 5.91 Å². The lowest BCUT2D eigenvalue weighted by atomic mass is 10.2. The number of carbonyl (C=O) groups is 2. The number of amides is 2. The fraction of sp³-hybridized carbons (Fsp3) is 0.684. The van der Waals surface area contributed by atoms with Crippen molar-refractivity contribution >= 4 is 11.8 Å². The van der Waals surface area contributed by atoms with Gasteiger partial charge in [-0.1, -0.05) is 19.8 Å². The number of aryl methyl sites for hydroxylation is 1. The van der Waals surface area contributed by atoms with Crippen molar-refractivity contribution < 1.29 is 14.3 Å². The van der Waals surface area contributed by atoms with Gasteiger partial charge in [-0.25, -0.2) is 4.98 Å². The predicted octanol–water partition coefficient (Wildman–Crippen LogP) is 2.10. The Morgan fingerprint density at radius 2 is 2.15 bits per heavy atom. The van der Waals surface area contributed by atoms with Gasteiger partial charge < -0.3 is 15.0 Å². The minimum atomic E-state index is -0.202. The van der Waals surface area contributed by atoms with E-state index in [1.54, 1.807) is 11.1 Å². The zero-order valence-corrected chi connectivity index (χ0v) is 15.9. The monoisotopic (exact) mass is 362 g/mol. The highest BCUT2D eigenvalue weighted by atomic mass is 16.5. The van der Waals surface area contributed by atoms with Crippen molar-refractivity contribution in [1.29, 1.82) is 0 Å². The molecule has 1 aliphatic rings. The zero-order valence-electron chi connectivity index (χ0n) is 15.9. The van der Waals surface area contributed by atoms with Crippen LogP contribution >= 0.6 is 0 Å². The van der Waals surface area contributed by atoms with E-state index >= 15 is 0 Å². The molecule has 1 fully saturated rings. The summed E-state index contributed by atoms with van der Waals surface area (Å²) in [5.74, 6) is -0.229. The highest BCUT2D eigenvalue weighted by molar-refractivity contribution is 5.92. The molecule has 1 aromatic rings. The number of rotatable bonds is 10. The largest absolute Gasteiger partial charge is 0.376 e. The molecule has 2 rings (SSSR count). The van der Waals surface area contributed by atoms with Crippen molar-refractivity contribution in [3.05, 3.63) is 23.8 Å². The molecular weight excluding hydrogens is 332 g/mol. The summed E-state index contributed by atoms with van der Waals surface area (Å²) in [6.07, 6.45) is 8.55. The van der Waals surface area contributed by atoms with Crippen LogP contribution in [-0.2, 0) is 9.53 Å². The molecule has 0 aromatic carbocycles. The Kier molecular flexibility index (Phi) is 8.47. The van der Waals surface area contributed by atoms with Crippen LogP contribution in [0.1, 0.15) is 61.6 Å². The molecule has 2 amide bonds. The summed E-state index contributed by atoms with van der Waals surface area (Å²) in [6.45, 7) is 6.22. The smallest absolute Gasteiger partial charge is 0.274 e. The topological polar surface area (TPSA) is 84.4 Å². The Morgan fingerprint density at radius 3 is 2.81 bits per heavy atom. The fourth-order valence-corrected chi connectivity index (χ4v) is 2.90. The van der Waals surface area contributed by atoms with Gasteiger partial charge in [0.05, 0.1) is 18.0 Å². The molecule has 26 heavy (non-hydrogen) atoms. The molecule has 0 radical (unpaired) electrons. The van der Waals surface area contributed by atoms with Crippen molar-refractivity contribution in [3.8, 4) is 0 Å². The minimum Gasteiger partial charge on any atom is -0.376 e. The van der Waals surface area contributed by atoms with E-state index in [1.165, 1.54) is 6.20 Å². The van der Waals surface area contributed by atoms with Gasteiger partial charge in [-0.3, -0.25) is 14.6 Å². The van der Waals surface area contributed by atoms with Crippen molar-refractivity contribution in [1.82, 2.24) is 20.2 Å². The first-order chi connectivity index (χ1) is 12.6. The molecule has 1 aliphatic heterocycles. The lowest BCUT2D eigenvalue weighted by molar-refractivity contribution is -0.121. The molecule has 144 valence electrons. The molecule has 0 unspecified atom stereocenters. The number of unbranched alkanes of at least 4 members (excludes halogenated alkanes) is 2. The molecule has 0 bridgehead atoms. The maximum atomic E-state index is 12.8. The Morgan fingerprint density at radius 1 is 1.31 bits per heavy atom. The van der Waals surface area contributed by atoms with Crippen LogP contribution in [0.3, 0.4) is 0 Å². The van der Waals surface area contributed by atoms with Crippen LogP contribution in [0.15, 0.2) is 12.4 Å². The van der Waals surface area contributed by atoms with E-state index in [-0.39, 0.29) is 24.3 Å². The Hall–Kier alpha value is -2.02. The molecule has 0 spiro atoms. The number of hydrogen-bond acceptors (Lipinski definition) is 5. The quantitative estimate of drug-likeness (QED) is 0.644. The van der Waals surface area contributed by atoms with Gasteiger partial charge in [0.15, 0.2) is 0 Å². The normalized spacial score (nSPS) is 16.5. The third-order valence-corrected chi connectivity index (χ3v) is 4.45. The molecule has 1 saturated heterocycles. The van der Waals surface area contributed by atoms with Crippen LogP contribution in [0.25, 0.3) is 0 Å². The van der Waals surface area contributed by atoms with Crippen molar-refractivity contribution in [3.63, 3.8) is 0 Å². The summed E-state index contributed by atoms with van der Waals surface area (Å²) >= 11 is 0. The average molecular weight is 362 g/mol. The molecule has 1 aromatic heterocycles. The van der Waals surface area contributed by atoms with Crippen molar-refractivity contribution in [2.45, 2.75) is 58.5 Å². The van der Waals surface area contributed by atoms with E-state index in [1.807, 2.05) is 6.92 Å². The highest BCUT2D eigenvalue weighted by Gasteiger charge is 2.24. The van der Waals surface area contributed by atoms with E-state index in [0.29, 0.717) is 25.3 Å². The average Bonchev–Trinajstić information content (AvgIpc) is 3.15. The fourth-order valence-electron chi connectivity index (χ4n) is 2.90. The second kappa shape index (κ2) is 10.9. The lowest BCUT2D eigenvalue weighted by Gasteiger charge is -2.25. The number of hydrogen-bond donors (Lipinski definition) is 1. The van der Waals surface area contributed by atoms with Crippen molar-refractivity contribution in [2.75, 3.05) is 26.2 Å². The maximum absolute atomic E-state index is 12.8. The molecule has 2 heterocycles. The van der Waals surface area contributed by atoms with E-state index in [4.69, 9.17) is 4.74 Å². The third kappa shape index (κ3) is 6.71. The molecule has 0 aliphatic carbocycles. The third-order valence-electron chi connectivity index (χ3n) is 4.45. The summed E-state index contributed by atoms with van der Waals surface area (Å²) in [6, 6.07) is 0. The van der Waals surface area contributed by atoms with Crippen LogP contribution < -0.4 is 5.32 Å². The van der Waals surface area contributed by atoms with E-state index in [2.05, 4.69) is 22.2 Å². The molecule has 1 atom stereocenters. The summed E-state index contributed by atoms with van der Waals surface area (Å²) in [5, 5.41) is 2.92. The van der Waals surface area contributed by atoms with E-state index in [0.717, 1.165) is 44.4 Å². The molecular formula is C19H30N4O3. The van der Waals surface area contributed by atoms with Crippen LogP contribution in [0.5, 0.6) is 0 Å². The molecule has 1 N–H and O–H groups in total. The number of nitrogens with one attached hydrogen (secondary N) is 1. The minimum absolute atomic E-state index is 0.0266.